The molecule has 1 aliphatic heterocycles. The number of thiocarbonyl (C=S) groups is 1. The fraction of sp³-hybridized carbons (Fsp3) is 0.125. The molecule has 0 bridgehead atoms. The van der Waals surface area contributed by atoms with Crippen molar-refractivity contribution in [3.05, 3.63) is 71.8 Å². The van der Waals surface area contributed by atoms with Crippen LogP contribution in [0.3, 0.4) is 0 Å². The number of thiazole rings is 1. The van der Waals surface area contributed by atoms with Gasteiger partial charge in [-0.25, -0.2) is 4.98 Å². The number of fused-ring (bicyclic) bond motifs is 2. The minimum absolute atomic E-state index is 0.217. The molecule has 1 aliphatic rings. The Morgan fingerprint density at radius 2 is 1.84 bits per heavy atom. The lowest BCUT2D eigenvalue weighted by Gasteiger charge is -2.19. The molecule has 3 aromatic carbocycles. The maximum absolute atomic E-state index is 12.7. The number of ether oxygens (including phenoxy) is 2. The highest BCUT2D eigenvalue weighted by Gasteiger charge is 2.16. The fourth-order valence-corrected chi connectivity index (χ4v) is 4.56. The molecule has 32 heavy (non-hydrogen) atoms. The van der Waals surface area contributed by atoms with Crippen LogP contribution >= 0.6 is 23.6 Å². The van der Waals surface area contributed by atoms with Crippen molar-refractivity contribution in [1.82, 2.24) is 10.3 Å². The first-order valence-electron chi connectivity index (χ1n) is 10.1. The van der Waals surface area contributed by atoms with Gasteiger partial charge in [0.25, 0.3) is 5.91 Å². The second-order valence-corrected chi connectivity index (χ2v) is 8.72. The molecular weight excluding hydrogens is 442 g/mol. The number of para-hydroxylation sites is 1. The van der Waals surface area contributed by atoms with E-state index in [2.05, 4.69) is 16.7 Å². The van der Waals surface area contributed by atoms with Gasteiger partial charge in [-0.05, 0) is 61.1 Å². The number of hydrogen-bond donors (Lipinski definition) is 2. The molecule has 8 heteroatoms. The smallest absolute Gasteiger partial charge is 0.257 e. The first-order valence-corrected chi connectivity index (χ1v) is 11.3. The Labute approximate surface area is 194 Å². The molecule has 2 heterocycles. The zero-order chi connectivity index (χ0) is 22.1. The molecule has 0 unspecified atom stereocenters. The van der Waals surface area contributed by atoms with E-state index in [1.54, 1.807) is 29.5 Å². The van der Waals surface area contributed by atoms with E-state index in [1.165, 1.54) is 0 Å². The molecule has 160 valence electrons. The van der Waals surface area contributed by atoms with Crippen molar-refractivity contribution in [3.8, 4) is 22.1 Å². The fourth-order valence-electron chi connectivity index (χ4n) is 3.40. The van der Waals surface area contributed by atoms with Crippen LogP contribution in [0, 0.1) is 6.92 Å². The SMILES string of the molecule is Cc1ccc(-c2nc3ccccc3s2)cc1NC(=S)NC(=O)c1ccc2c(c1)OCCO2. The molecule has 5 rings (SSSR count). The van der Waals surface area contributed by atoms with E-state index < -0.39 is 0 Å². The van der Waals surface area contributed by atoms with Gasteiger partial charge in [0.05, 0.1) is 10.2 Å². The van der Waals surface area contributed by atoms with Gasteiger partial charge >= 0.3 is 0 Å². The summed E-state index contributed by atoms with van der Waals surface area (Å²) in [6, 6.07) is 19.2. The predicted octanol–water partition coefficient (Wildman–Crippen LogP) is 5.17. The summed E-state index contributed by atoms with van der Waals surface area (Å²) in [5.74, 6) is 0.873. The number of benzene rings is 3. The maximum atomic E-state index is 12.7. The van der Waals surface area contributed by atoms with Gasteiger partial charge in [-0.2, -0.15) is 0 Å². The van der Waals surface area contributed by atoms with Gasteiger partial charge < -0.3 is 14.8 Å². The Morgan fingerprint density at radius 1 is 1.03 bits per heavy atom. The van der Waals surface area contributed by atoms with E-state index in [1.807, 2.05) is 43.3 Å². The summed E-state index contributed by atoms with van der Waals surface area (Å²) >= 11 is 7.03. The molecule has 1 aromatic heterocycles. The third-order valence-corrected chi connectivity index (χ3v) is 6.35. The third kappa shape index (κ3) is 4.15. The van der Waals surface area contributed by atoms with E-state index >= 15 is 0 Å². The van der Waals surface area contributed by atoms with Gasteiger partial charge in [0.2, 0.25) is 0 Å². The molecule has 0 saturated carbocycles. The van der Waals surface area contributed by atoms with Gasteiger partial charge in [-0.1, -0.05) is 24.3 Å². The van der Waals surface area contributed by atoms with Crippen LogP contribution in [0.1, 0.15) is 15.9 Å². The van der Waals surface area contributed by atoms with Crippen LogP contribution < -0.4 is 20.1 Å². The van der Waals surface area contributed by atoms with Crippen molar-refractivity contribution in [2.24, 2.45) is 0 Å². The van der Waals surface area contributed by atoms with Crippen LogP contribution in [-0.4, -0.2) is 29.2 Å². The monoisotopic (exact) mass is 461 g/mol. The Bertz CT molecular complexity index is 1320. The summed E-state index contributed by atoms with van der Waals surface area (Å²) in [6.07, 6.45) is 0. The van der Waals surface area contributed by atoms with Gasteiger partial charge in [0.1, 0.15) is 18.2 Å². The third-order valence-electron chi connectivity index (χ3n) is 5.06. The van der Waals surface area contributed by atoms with E-state index in [0.717, 1.165) is 32.0 Å². The average molecular weight is 462 g/mol. The van der Waals surface area contributed by atoms with Gasteiger partial charge in [0.15, 0.2) is 16.6 Å². The largest absolute Gasteiger partial charge is 0.486 e. The van der Waals surface area contributed by atoms with Gasteiger partial charge in [0, 0.05) is 16.8 Å². The second-order valence-electron chi connectivity index (χ2n) is 7.28. The maximum Gasteiger partial charge on any atom is 0.257 e. The molecular formula is C24H19N3O3S2. The second kappa shape index (κ2) is 8.57. The topological polar surface area (TPSA) is 72.5 Å². The lowest BCUT2D eigenvalue weighted by atomic mass is 10.1. The first-order chi connectivity index (χ1) is 15.6. The minimum atomic E-state index is -0.320. The summed E-state index contributed by atoms with van der Waals surface area (Å²) in [7, 11) is 0. The van der Waals surface area contributed by atoms with Crippen molar-refractivity contribution in [2.75, 3.05) is 18.5 Å². The standard InChI is InChI=1S/C24H19N3O3S2/c1-14-6-7-16(23-25-17-4-2-3-5-21(17)32-23)12-18(14)26-24(31)27-22(28)15-8-9-19-20(13-15)30-11-10-29-19/h2-9,12-13H,10-11H2,1H3,(H2,26,27,28,31). The molecule has 0 atom stereocenters. The highest BCUT2D eigenvalue weighted by molar-refractivity contribution is 7.80. The molecule has 6 nitrogen and oxygen atoms in total. The van der Waals surface area contributed by atoms with E-state index in [-0.39, 0.29) is 11.0 Å². The number of aryl methyl sites for hydroxylation is 1. The zero-order valence-corrected chi connectivity index (χ0v) is 18.8. The lowest BCUT2D eigenvalue weighted by molar-refractivity contribution is 0.0976. The molecule has 0 fully saturated rings. The molecule has 0 aliphatic carbocycles. The van der Waals surface area contributed by atoms with Crippen molar-refractivity contribution in [3.63, 3.8) is 0 Å². The Kier molecular flexibility index (Phi) is 5.46. The minimum Gasteiger partial charge on any atom is -0.486 e. The van der Waals surface area contributed by atoms with Crippen LogP contribution in [0.4, 0.5) is 5.69 Å². The van der Waals surface area contributed by atoms with E-state index in [4.69, 9.17) is 26.7 Å². The predicted molar refractivity (Wildman–Crippen MR) is 131 cm³/mol. The van der Waals surface area contributed by atoms with Crippen molar-refractivity contribution in [2.45, 2.75) is 6.92 Å². The number of aromatic nitrogens is 1. The number of amides is 1. The summed E-state index contributed by atoms with van der Waals surface area (Å²) in [6.45, 7) is 2.94. The molecule has 4 aromatic rings. The number of carbonyl (C=O) groups excluding carboxylic acids is 1. The van der Waals surface area contributed by atoms with E-state index in [0.29, 0.717) is 30.3 Å². The molecule has 0 spiro atoms. The Morgan fingerprint density at radius 3 is 2.69 bits per heavy atom. The van der Waals surface area contributed by atoms with Crippen LogP contribution in [0.2, 0.25) is 0 Å². The van der Waals surface area contributed by atoms with Crippen LogP contribution in [0.25, 0.3) is 20.8 Å². The average Bonchev–Trinajstić information content (AvgIpc) is 3.24. The number of anilines is 1. The quantitative estimate of drug-likeness (QED) is 0.410. The molecule has 2 N–H and O–H groups in total. The number of rotatable bonds is 3. The highest BCUT2D eigenvalue weighted by atomic mass is 32.1. The first kappa shape index (κ1) is 20.4. The number of nitrogens with one attached hydrogen (secondary N) is 2. The number of hydrogen-bond acceptors (Lipinski definition) is 6. The van der Waals surface area contributed by atoms with Crippen LogP contribution in [0.15, 0.2) is 60.7 Å². The van der Waals surface area contributed by atoms with Crippen molar-refractivity contribution >= 4 is 50.5 Å². The van der Waals surface area contributed by atoms with Gasteiger partial charge in [-0.3, -0.25) is 10.1 Å². The number of carbonyl (C=O) groups is 1. The Balaban J connectivity index is 1.32. The molecule has 1 amide bonds. The molecule has 0 saturated heterocycles. The Hall–Kier alpha value is -3.49. The summed E-state index contributed by atoms with van der Waals surface area (Å²) in [5.41, 5.74) is 4.23. The van der Waals surface area contributed by atoms with Crippen molar-refractivity contribution in [1.29, 1.82) is 0 Å². The normalized spacial score (nSPS) is 12.4. The summed E-state index contributed by atoms with van der Waals surface area (Å²) in [4.78, 5) is 17.4. The zero-order valence-electron chi connectivity index (χ0n) is 17.2. The number of nitrogens with zero attached hydrogens (tertiary/aromatic N) is 1. The van der Waals surface area contributed by atoms with Crippen LogP contribution in [0.5, 0.6) is 11.5 Å². The molecule has 0 radical (unpaired) electrons. The van der Waals surface area contributed by atoms with Gasteiger partial charge in [-0.15, -0.1) is 11.3 Å². The van der Waals surface area contributed by atoms with Crippen LogP contribution in [-0.2, 0) is 0 Å². The summed E-state index contributed by atoms with van der Waals surface area (Å²) < 4.78 is 12.2. The van der Waals surface area contributed by atoms with E-state index in [9.17, 15) is 4.79 Å². The summed E-state index contributed by atoms with van der Waals surface area (Å²) in [5, 5.41) is 7.02. The highest BCUT2D eigenvalue weighted by Crippen LogP contribution is 2.33. The van der Waals surface area contributed by atoms with Crippen molar-refractivity contribution < 1.29 is 14.3 Å². The lowest BCUT2D eigenvalue weighted by Crippen LogP contribution is -2.34.